The van der Waals surface area contributed by atoms with Gasteiger partial charge in [-0.15, -0.1) is 0 Å². The average Bonchev–Trinajstić information content (AvgIpc) is 2.41. The van der Waals surface area contributed by atoms with E-state index in [-0.39, 0.29) is 0 Å². The molecule has 0 fully saturated rings. The summed E-state index contributed by atoms with van der Waals surface area (Å²) < 4.78 is 0. The fourth-order valence-electron chi connectivity index (χ4n) is 1.10. The van der Waals surface area contributed by atoms with Gasteiger partial charge >= 0.3 is 0 Å². The highest BCUT2D eigenvalue weighted by Gasteiger charge is 1.99. The minimum absolute atomic E-state index is 0.480. The van der Waals surface area contributed by atoms with Crippen LogP contribution in [0, 0.1) is 0 Å². The van der Waals surface area contributed by atoms with Crippen LogP contribution in [-0.4, -0.2) is 15.4 Å². The lowest BCUT2D eigenvalue weighted by atomic mass is 10.1. The lowest BCUT2D eigenvalue weighted by Crippen LogP contribution is -2.00. The van der Waals surface area contributed by atoms with Crippen molar-refractivity contribution < 1.29 is 5.21 Å². The summed E-state index contributed by atoms with van der Waals surface area (Å²) in [7, 11) is 0. The van der Waals surface area contributed by atoms with Crippen molar-refractivity contribution in [1.82, 2.24) is 10.2 Å². The van der Waals surface area contributed by atoms with E-state index in [1.807, 2.05) is 18.2 Å². The molecule has 0 saturated carbocycles. The summed E-state index contributed by atoms with van der Waals surface area (Å²) in [5, 5.41) is 19.8. The highest BCUT2D eigenvalue weighted by Crippen LogP contribution is 2.12. The molecular formula is C9H7N3O. The molecule has 1 aliphatic heterocycles. The molecule has 1 heterocycles. The van der Waals surface area contributed by atoms with Gasteiger partial charge in [0.15, 0.2) is 0 Å². The molecule has 13 heavy (non-hydrogen) atoms. The van der Waals surface area contributed by atoms with E-state index in [1.165, 1.54) is 0 Å². The molecule has 0 aromatic carbocycles. The fourth-order valence-corrected chi connectivity index (χ4v) is 1.10. The molecule has 0 unspecified atom stereocenters. The van der Waals surface area contributed by atoms with Crippen LogP contribution in [0.1, 0.15) is 0 Å². The molecule has 0 aromatic rings. The summed E-state index contributed by atoms with van der Waals surface area (Å²) in [6, 6.07) is 8.92. The molecule has 0 radical (unpaired) electrons. The second-order valence-electron chi connectivity index (χ2n) is 2.57. The molecular weight excluding hydrogens is 166 g/mol. The molecule has 0 saturated heterocycles. The number of nitrogens with zero attached hydrogens (tertiary/aromatic N) is 3. The van der Waals surface area contributed by atoms with Gasteiger partial charge in [0.1, 0.15) is 5.36 Å². The fraction of sp³-hybridized carbons (Fsp3) is 0. The SMILES string of the molecule is O/N=c1/ccc2cccnnc-2c1. The Bertz CT molecular complexity index is 455. The normalized spacial score (nSPS) is 11.8. The molecule has 1 aliphatic carbocycles. The zero-order valence-corrected chi connectivity index (χ0v) is 6.75. The zero-order valence-electron chi connectivity index (χ0n) is 6.75. The lowest BCUT2D eigenvalue weighted by Gasteiger charge is -1.95. The van der Waals surface area contributed by atoms with Crippen LogP contribution in [0.4, 0.5) is 0 Å². The molecule has 0 amide bonds. The number of fused-ring (bicyclic) bond motifs is 1. The molecule has 0 spiro atoms. The Morgan fingerprint density at radius 3 is 3.00 bits per heavy atom. The monoisotopic (exact) mass is 173 g/mol. The van der Waals surface area contributed by atoms with Gasteiger partial charge in [-0.05, 0) is 18.2 Å². The lowest BCUT2D eigenvalue weighted by molar-refractivity contribution is 0.302. The maximum absolute atomic E-state index is 8.54. The van der Waals surface area contributed by atoms with Crippen LogP contribution in [-0.2, 0) is 0 Å². The van der Waals surface area contributed by atoms with Crippen LogP contribution in [0.25, 0.3) is 11.3 Å². The van der Waals surface area contributed by atoms with Gasteiger partial charge in [-0.2, -0.15) is 10.2 Å². The maximum atomic E-state index is 8.54. The third-order valence-corrected chi connectivity index (χ3v) is 1.72. The summed E-state index contributed by atoms with van der Waals surface area (Å²) in [6.07, 6.45) is 1.61. The molecule has 2 aliphatic rings. The van der Waals surface area contributed by atoms with E-state index >= 15 is 0 Å². The van der Waals surface area contributed by atoms with E-state index in [1.54, 1.807) is 18.3 Å². The minimum atomic E-state index is 0.480. The number of rotatable bonds is 0. The summed E-state index contributed by atoms with van der Waals surface area (Å²) in [5.41, 5.74) is 1.67. The predicted molar refractivity (Wildman–Crippen MR) is 46.0 cm³/mol. The third-order valence-electron chi connectivity index (χ3n) is 1.72. The molecule has 4 nitrogen and oxygen atoms in total. The van der Waals surface area contributed by atoms with E-state index in [0.717, 1.165) is 5.56 Å². The topological polar surface area (TPSA) is 58.4 Å². The zero-order chi connectivity index (χ0) is 9.10. The number of benzene rings is 1. The number of hydrogen-bond donors (Lipinski definition) is 1. The van der Waals surface area contributed by atoms with Gasteiger partial charge in [-0.1, -0.05) is 17.3 Å². The molecule has 1 N–H and O–H groups in total. The van der Waals surface area contributed by atoms with Crippen LogP contribution < -0.4 is 5.36 Å². The Balaban J connectivity index is 2.78. The summed E-state index contributed by atoms with van der Waals surface area (Å²) in [5.74, 6) is 0. The van der Waals surface area contributed by atoms with Crippen LogP contribution in [0.3, 0.4) is 0 Å². The van der Waals surface area contributed by atoms with Crippen molar-refractivity contribution in [3.8, 4) is 11.3 Å². The van der Waals surface area contributed by atoms with Crippen LogP contribution in [0.5, 0.6) is 0 Å². The Kier molecular flexibility index (Phi) is 1.88. The Morgan fingerprint density at radius 1 is 1.23 bits per heavy atom. The van der Waals surface area contributed by atoms with Crippen LogP contribution in [0.15, 0.2) is 41.7 Å². The van der Waals surface area contributed by atoms with Gasteiger partial charge in [0, 0.05) is 11.8 Å². The Morgan fingerprint density at radius 2 is 2.15 bits per heavy atom. The van der Waals surface area contributed by atoms with Crippen LogP contribution >= 0.6 is 0 Å². The molecule has 4 heteroatoms. The van der Waals surface area contributed by atoms with Gasteiger partial charge in [-0.3, -0.25) is 0 Å². The molecule has 0 atom stereocenters. The quantitative estimate of drug-likeness (QED) is 0.475. The Labute approximate surface area is 74.5 Å². The first-order valence-corrected chi connectivity index (χ1v) is 3.80. The number of hydrogen-bond acceptors (Lipinski definition) is 4. The van der Waals surface area contributed by atoms with Crippen molar-refractivity contribution in [1.29, 1.82) is 0 Å². The highest BCUT2D eigenvalue weighted by atomic mass is 16.4. The van der Waals surface area contributed by atoms with Crippen LogP contribution in [0.2, 0.25) is 0 Å². The summed E-state index contributed by atoms with van der Waals surface area (Å²) in [4.78, 5) is 0. The van der Waals surface area contributed by atoms with Crippen molar-refractivity contribution in [2.45, 2.75) is 0 Å². The van der Waals surface area contributed by atoms with Crippen molar-refractivity contribution in [3.05, 3.63) is 41.9 Å². The molecule has 2 rings (SSSR count). The van der Waals surface area contributed by atoms with Crippen molar-refractivity contribution in [2.24, 2.45) is 5.16 Å². The third kappa shape index (κ3) is 1.46. The van der Waals surface area contributed by atoms with Gasteiger partial charge in [-0.25, -0.2) is 0 Å². The van der Waals surface area contributed by atoms with E-state index in [9.17, 15) is 0 Å². The van der Waals surface area contributed by atoms with Gasteiger partial charge in [0.25, 0.3) is 0 Å². The average molecular weight is 173 g/mol. The molecule has 64 valence electrons. The Hall–Kier alpha value is -1.97. The molecule has 0 bridgehead atoms. The van der Waals surface area contributed by atoms with Gasteiger partial charge in [0.05, 0.1) is 5.69 Å². The van der Waals surface area contributed by atoms with Gasteiger partial charge in [0.2, 0.25) is 0 Å². The summed E-state index contributed by atoms with van der Waals surface area (Å²) >= 11 is 0. The highest BCUT2D eigenvalue weighted by molar-refractivity contribution is 5.58. The van der Waals surface area contributed by atoms with E-state index in [2.05, 4.69) is 15.4 Å². The van der Waals surface area contributed by atoms with Crippen molar-refractivity contribution in [3.63, 3.8) is 0 Å². The largest absolute Gasteiger partial charge is 0.410 e. The van der Waals surface area contributed by atoms with E-state index < -0.39 is 0 Å². The van der Waals surface area contributed by atoms with Crippen molar-refractivity contribution >= 4 is 0 Å². The van der Waals surface area contributed by atoms with Crippen molar-refractivity contribution in [2.75, 3.05) is 0 Å². The number of aromatic nitrogens is 2. The van der Waals surface area contributed by atoms with Gasteiger partial charge < -0.3 is 5.21 Å². The summed E-state index contributed by atoms with van der Waals surface area (Å²) in [6.45, 7) is 0. The first-order valence-electron chi connectivity index (χ1n) is 3.80. The standard InChI is InChI=1S/C9H7N3O/c13-12-8-4-3-7-2-1-5-10-11-9(7)6-8/h1-6,13H/b12-8-. The first kappa shape index (κ1) is 7.67. The second-order valence-corrected chi connectivity index (χ2v) is 2.57. The second kappa shape index (κ2) is 3.18. The van der Waals surface area contributed by atoms with E-state index in [0.29, 0.717) is 11.1 Å². The van der Waals surface area contributed by atoms with E-state index in [4.69, 9.17) is 5.21 Å². The predicted octanol–water partition coefficient (Wildman–Crippen LogP) is 0.871. The first-order chi connectivity index (χ1) is 6.40. The maximum Gasteiger partial charge on any atom is 0.104 e. The minimum Gasteiger partial charge on any atom is -0.410 e. The molecule has 0 aromatic heterocycles. The smallest absolute Gasteiger partial charge is 0.104 e.